The normalized spacial score (nSPS) is 17.8. The van der Waals surface area contributed by atoms with Crippen molar-refractivity contribution in [1.82, 2.24) is 24.9 Å². The summed E-state index contributed by atoms with van der Waals surface area (Å²) < 4.78 is 1.94. The van der Waals surface area contributed by atoms with Gasteiger partial charge in [-0.15, -0.1) is 0 Å². The fraction of sp³-hybridized carbons (Fsp3) is 0.389. The Labute approximate surface area is 140 Å². The van der Waals surface area contributed by atoms with E-state index in [1.165, 1.54) is 0 Å². The largest absolute Gasteiger partial charge is 0.334 e. The molecular formula is C18H21N5O. The standard InChI is InChI=1S/C18H21N5O/c1-12-6-14-9-19-21-17(14)16(7-12)18(24)23-5-3-4-15(23)11-22-10-13(2)8-20-22/h6-10,15H,3-5,11H2,1-2H3,(H,19,21)/t15-/m0/s1. The summed E-state index contributed by atoms with van der Waals surface area (Å²) in [5.41, 5.74) is 3.76. The molecule has 3 aromatic rings. The topological polar surface area (TPSA) is 66.8 Å². The van der Waals surface area contributed by atoms with Gasteiger partial charge in [-0.1, -0.05) is 0 Å². The summed E-state index contributed by atoms with van der Waals surface area (Å²) in [6, 6.07) is 4.19. The number of hydrogen-bond acceptors (Lipinski definition) is 3. The summed E-state index contributed by atoms with van der Waals surface area (Å²) in [7, 11) is 0. The van der Waals surface area contributed by atoms with Crippen molar-refractivity contribution in [2.75, 3.05) is 6.54 Å². The lowest BCUT2D eigenvalue weighted by Gasteiger charge is -2.25. The highest BCUT2D eigenvalue weighted by Crippen LogP contribution is 2.25. The Balaban J connectivity index is 1.63. The predicted molar refractivity (Wildman–Crippen MR) is 91.9 cm³/mol. The number of aryl methyl sites for hydroxylation is 2. The van der Waals surface area contributed by atoms with Crippen LogP contribution < -0.4 is 0 Å². The van der Waals surface area contributed by atoms with Crippen molar-refractivity contribution < 1.29 is 4.79 Å². The first-order chi connectivity index (χ1) is 11.6. The van der Waals surface area contributed by atoms with Gasteiger partial charge in [0, 0.05) is 18.1 Å². The highest BCUT2D eigenvalue weighted by Gasteiger charge is 2.31. The van der Waals surface area contributed by atoms with E-state index in [2.05, 4.69) is 15.3 Å². The molecule has 124 valence electrons. The summed E-state index contributed by atoms with van der Waals surface area (Å²) >= 11 is 0. The minimum Gasteiger partial charge on any atom is -0.334 e. The second-order valence-electron chi connectivity index (χ2n) is 6.68. The van der Waals surface area contributed by atoms with Gasteiger partial charge < -0.3 is 4.90 Å². The Morgan fingerprint density at radius 3 is 2.96 bits per heavy atom. The van der Waals surface area contributed by atoms with Crippen LogP contribution in [0, 0.1) is 13.8 Å². The van der Waals surface area contributed by atoms with Crippen LogP contribution in [0.5, 0.6) is 0 Å². The number of nitrogens with zero attached hydrogens (tertiary/aromatic N) is 4. The van der Waals surface area contributed by atoms with Gasteiger partial charge in [0.05, 0.1) is 36.1 Å². The first-order valence-corrected chi connectivity index (χ1v) is 8.35. The summed E-state index contributed by atoms with van der Waals surface area (Å²) in [6.45, 7) is 5.59. The number of benzene rings is 1. The van der Waals surface area contributed by atoms with Crippen LogP contribution in [0.2, 0.25) is 0 Å². The van der Waals surface area contributed by atoms with Gasteiger partial charge in [0.1, 0.15) is 0 Å². The quantitative estimate of drug-likeness (QED) is 0.806. The van der Waals surface area contributed by atoms with Crippen molar-refractivity contribution in [2.45, 2.75) is 39.3 Å². The summed E-state index contributed by atoms with van der Waals surface area (Å²) in [5, 5.41) is 12.4. The molecule has 0 radical (unpaired) electrons. The third kappa shape index (κ3) is 2.58. The van der Waals surface area contributed by atoms with Crippen molar-refractivity contribution in [1.29, 1.82) is 0 Å². The lowest BCUT2D eigenvalue weighted by molar-refractivity contribution is 0.0723. The molecule has 1 amide bonds. The second kappa shape index (κ2) is 5.78. The van der Waals surface area contributed by atoms with Gasteiger partial charge in [-0.05, 0) is 49.9 Å². The van der Waals surface area contributed by atoms with Crippen molar-refractivity contribution in [2.24, 2.45) is 0 Å². The molecule has 1 fully saturated rings. The molecule has 0 saturated carbocycles. The number of aromatic amines is 1. The number of amides is 1. The molecule has 24 heavy (non-hydrogen) atoms. The average molecular weight is 323 g/mol. The number of likely N-dealkylation sites (tertiary alicyclic amines) is 1. The van der Waals surface area contributed by atoms with Crippen LogP contribution in [0.15, 0.2) is 30.7 Å². The molecule has 0 spiro atoms. The van der Waals surface area contributed by atoms with Crippen molar-refractivity contribution in [3.63, 3.8) is 0 Å². The van der Waals surface area contributed by atoms with Crippen molar-refractivity contribution >= 4 is 16.8 Å². The summed E-state index contributed by atoms with van der Waals surface area (Å²) in [6.07, 6.45) is 7.71. The Morgan fingerprint density at radius 2 is 2.17 bits per heavy atom. The zero-order valence-corrected chi connectivity index (χ0v) is 14.0. The number of fused-ring (bicyclic) bond motifs is 1. The summed E-state index contributed by atoms with van der Waals surface area (Å²) in [5.74, 6) is 0.0827. The highest BCUT2D eigenvalue weighted by molar-refractivity contribution is 6.05. The number of carbonyl (C=O) groups is 1. The van der Waals surface area contributed by atoms with Crippen LogP contribution in [0.25, 0.3) is 10.9 Å². The van der Waals surface area contributed by atoms with E-state index in [1.807, 2.05) is 48.0 Å². The Morgan fingerprint density at radius 1 is 1.29 bits per heavy atom. The first kappa shape index (κ1) is 14.9. The third-order valence-corrected chi connectivity index (χ3v) is 4.72. The van der Waals surface area contributed by atoms with Gasteiger partial charge in [0.25, 0.3) is 5.91 Å². The number of H-pyrrole nitrogens is 1. The zero-order valence-electron chi connectivity index (χ0n) is 14.0. The maximum Gasteiger partial charge on any atom is 0.256 e. The van der Waals surface area contributed by atoms with E-state index >= 15 is 0 Å². The van der Waals surface area contributed by atoms with Gasteiger partial charge in [0.15, 0.2) is 0 Å². The Hall–Kier alpha value is -2.63. The van der Waals surface area contributed by atoms with E-state index in [9.17, 15) is 4.79 Å². The monoisotopic (exact) mass is 323 g/mol. The number of aromatic nitrogens is 4. The van der Waals surface area contributed by atoms with Crippen LogP contribution in [0.1, 0.15) is 34.3 Å². The van der Waals surface area contributed by atoms with E-state index in [4.69, 9.17) is 0 Å². The molecular weight excluding hydrogens is 302 g/mol. The molecule has 1 saturated heterocycles. The molecule has 1 aliphatic rings. The van der Waals surface area contributed by atoms with E-state index in [0.29, 0.717) is 5.56 Å². The molecule has 1 aliphatic heterocycles. The molecule has 1 N–H and O–H groups in total. The maximum atomic E-state index is 13.2. The number of carbonyl (C=O) groups excluding carboxylic acids is 1. The predicted octanol–water partition coefficient (Wildman–Crippen LogP) is 2.68. The van der Waals surface area contributed by atoms with Crippen LogP contribution >= 0.6 is 0 Å². The minimum atomic E-state index is 0.0827. The summed E-state index contributed by atoms with van der Waals surface area (Å²) in [4.78, 5) is 15.2. The van der Waals surface area contributed by atoms with Gasteiger partial charge in [-0.25, -0.2) is 0 Å². The fourth-order valence-corrected chi connectivity index (χ4v) is 3.61. The molecule has 2 aromatic heterocycles. The molecule has 1 aromatic carbocycles. The van der Waals surface area contributed by atoms with E-state index in [-0.39, 0.29) is 11.9 Å². The van der Waals surface area contributed by atoms with Gasteiger partial charge in [-0.2, -0.15) is 10.2 Å². The minimum absolute atomic E-state index is 0.0827. The Kier molecular flexibility index (Phi) is 3.59. The number of rotatable bonds is 3. The molecule has 6 nitrogen and oxygen atoms in total. The fourth-order valence-electron chi connectivity index (χ4n) is 3.61. The Bertz CT molecular complexity index is 894. The van der Waals surface area contributed by atoms with Crippen LogP contribution in [-0.2, 0) is 6.54 Å². The van der Waals surface area contributed by atoms with Crippen molar-refractivity contribution in [3.05, 3.63) is 47.4 Å². The number of nitrogens with one attached hydrogen (secondary N) is 1. The lowest BCUT2D eigenvalue weighted by Crippen LogP contribution is -2.38. The molecule has 0 bridgehead atoms. The molecule has 0 unspecified atom stereocenters. The second-order valence-corrected chi connectivity index (χ2v) is 6.68. The van der Waals surface area contributed by atoms with Crippen LogP contribution in [0.3, 0.4) is 0 Å². The van der Waals surface area contributed by atoms with Crippen LogP contribution in [0.4, 0.5) is 0 Å². The van der Waals surface area contributed by atoms with Crippen LogP contribution in [-0.4, -0.2) is 43.4 Å². The zero-order chi connectivity index (χ0) is 16.7. The molecule has 3 heterocycles. The van der Waals surface area contributed by atoms with Gasteiger partial charge in [-0.3, -0.25) is 14.6 Å². The molecule has 4 rings (SSSR count). The van der Waals surface area contributed by atoms with Gasteiger partial charge in [0.2, 0.25) is 0 Å². The lowest BCUT2D eigenvalue weighted by atomic mass is 10.1. The third-order valence-electron chi connectivity index (χ3n) is 4.72. The maximum absolute atomic E-state index is 13.2. The van der Waals surface area contributed by atoms with E-state index < -0.39 is 0 Å². The first-order valence-electron chi connectivity index (χ1n) is 8.35. The number of hydrogen-bond donors (Lipinski definition) is 1. The molecule has 0 aliphatic carbocycles. The van der Waals surface area contributed by atoms with Crippen molar-refractivity contribution in [3.8, 4) is 0 Å². The highest BCUT2D eigenvalue weighted by atomic mass is 16.2. The molecule has 1 atom stereocenters. The smallest absolute Gasteiger partial charge is 0.256 e. The van der Waals surface area contributed by atoms with Gasteiger partial charge >= 0.3 is 0 Å². The molecule has 6 heteroatoms. The van der Waals surface area contributed by atoms with E-state index in [0.717, 1.165) is 48.0 Å². The average Bonchev–Trinajstić information content (AvgIpc) is 3.27. The van der Waals surface area contributed by atoms with E-state index in [1.54, 1.807) is 6.20 Å². The SMILES string of the molecule is Cc1cc(C(=O)N2CCC[C@H]2Cn2cc(C)cn2)c2[nH]ncc2c1.